The summed E-state index contributed by atoms with van der Waals surface area (Å²) < 4.78 is 18.8. The summed E-state index contributed by atoms with van der Waals surface area (Å²) in [5, 5.41) is 2.33. The fourth-order valence-electron chi connectivity index (χ4n) is 1.54. The van der Waals surface area contributed by atoms with Gasteiger partial charge >= 0.3 is 0 Å². The van der Waals surface area contributed by atoms with E-state index in [1.807, 2.05) is 0 Å². The molecule has 0 aliphatic heterocycles. The number of benzene rings is 2. The predicted octanol–water partition coefficient (Wildman–Crippen LogP) is 3.08. The van der Waals surface area contributed by atoms with E-state index in [1.165, 1.54) is 12.1 Å². The number of halogens is 2. The molecule has 3 N–H and O–H groups in total. The molecule has 0 saturated carbocycles. The first-order chi connectivity index (χ1) is 9.56. The summed E-state index contributed by atoms with van der Waals surface area (Å²) in [5.41, 5.74) is 6.12. The number of hydrogen-bond donors (Lipinski definition) is 2. The van der Waals surface area contributed by atoms with Gasteiger partial charge < -0.3 is 15.8 Å². The fraction of sp³-hybridized carbons (Fsp3) is 0.0714. The number of anilines is 2. The predicted molar refractivity (Wildman–Crippen MR) is 76.4 cm³/mol. The van der Waals surface area contributed by atoms with Gasteiger partial charge in [-0.2, -0.15) is 0 Å². The molecule has 0 aliphatic rings. The number of ether oxygens (including phenoxy) is 1. The molecule has 0 fully saturated rings. The average molecular weight is 295 g/mol. The molecule has 1 amide bonds. The highest BCUT2D eigenvalue weighted by molar-refractivity contribution is 6.31. The highest BCUT2D eigenvalue weighted by Crippen LogP contribution is 2.22. The lowest BCUT2D eigenvalue weighted by atomic mass is 10.3. The molecule has 0 heterocycles. The minimum atomic E-state index is -0.675. The van der Waals surface area contributed by atoms with Crippen molar-refractivity contribution in [2.75, 3.05) is 17.7 Å². The SMILES string of the molecule is Nc1cccc(OCC(=O)Nc2cccc(Cl)c2F)c1. The molecule has 2 aromatic carbocycles. The van der Waals surface area contributed by atoms with Crippen LogP contribution in [-0.2, 0) is 4.79 Å². The van der Waals surface area contributed by atoms with Gasteiger partial charge in [-0.15, -0.1) is 0 Å². The van der Waals surface area contributed by atoms with E-state index in [9.17, 15) is 9.18 Å². The number of amides is 1. The first kappa shape index (κ1) is 14.1. The lowest BCUT2D eigenvalue weighted by molar-refractivity contribution is -0.118. The Morgan fingerprint density at radius 3 is 2.80 bits per heavy atom. The Hall–Kier alpha value is -2.27. The Balaban J connectivity index is 1.94. The number of rotatable bonds is 4. The Morgan fingerprint density at radius 1 is 1.30 bits per heavy atom. The molecule has 104 valence electrons. The van der Waals surface area contributed by atoms with Crippen molar-refractivity contribution in [3.63, 3.8) is 0 Å². The summed E-state index contributed by atoms with van der Waals surface area (Å²) in [6.07, 6.45) is 0. The van der Waals surface area contributed by atoms with Gasteiger partial charge in [-0.25, -0.2) is 4.39 Å². The van der Waals surface area contributed by atoms with Crippen LogP contribution in [0.25, 0.3) is 0 Å². The third-order valence-corrected chi connectivity index (χ3v) is 2.75. The lowest BCUT2D eigenvalue weighted by Gasteiger charge is -2.09. The zero-order chi connectivity index (χ0) is 14.5. The number of nitrogens with two attached hydrogens (primary N) is 1. The van der Waals surface area contributed by atoms with E-state index in [0.717, 1.165) is 0 Å². The van der Waals surface area contributed by atoms with Crippen LogP contribution in [0.1, 0.15) is 0 Å². The van der Waals surface area contributed by atoms with Crippen molar-refractivity contribution in [1.82, 2.24) is 0 Å². The first-order valence-corrected chi connectivity index (χ1v) is 6.16. The zero-order valence-electron chi connectivity index (χ0n) is 10.4. The third kappa shape index (κ3) is 3.61. The van der Waals surface area contributed by atoms with Crippen molar-refractivity contribution in [3.05, 3.63) is 53.3 Å². The maximum absolute atomic E-state index is 13.6. The maximum Gasteiger partial charge on any atom is 0.262 e. The van der Waals surface area contributed by atoms with Gasteiger partial charge in [-0.1, -0.05) is 23.7 Å². The van der Waals surface area contributed by atoms with Crippen LogP contribution in [0.5, 0.6) is 5.75 Å². The molecule has 0 saturated heterocycles. The lowest BCUT2D eigenvalue weighted by Crippen LogP contribution is -2.20. The van der Waals surface area contributed by atoms with Gasteiger partial charge in [0.1, 0.15) is 5.75 Å². The zero-order valence-corrected chi connectivity index (χ0v) is 11.2. The minimum absolute atomic E-state index is 0.0127. The van der Waals surface area contributed by atoms with Crippen molar-refractivity contribution >= 4 is 28.9 Å². The molecule has 4 nitrogen and oxygen atoms in total. The van der Waals surface area contributed by atoms with Crippen LogP contribution < -0.4 is 15.8 Å². The van der Waals surface area contributed by atoms with E-state index in [0.29, 0.717) is 11.4 Å². The van der Waals surface area contributed by atoms with Gasteiger partial charge in [0.2, 0.25) is 0 Å². The topological polar surface area (TPSA) is 64.3 Å². The van der Waals surface area contributed by atoms with Crippen LogP contribution in [-0.4, -0.2) is 12.5 Å². The highest BCUT2D eigenvalue weighted by Gasteiger charge is 2.10. The second-order valence-corrected chi connectivity index (χ2v) is 4.42. The third-order valence-electron chi connectivity index (χ3n) is 2.45. The smallest absolute Gasteiger partial charge is 0.262 e. The van der Waals surface area contributed by atoms with Gasteiger partial charge in [0, 0.05) is 11.8 Å². The summed E-state index contributed by atoms with van der Waals surface area (Å²) in [6.45, 7) is -0.255. The van der Waals surface area contributed by atoms with E-state index in [-0.39, 0.29) is 17.3 Å². The van der Waals surface area contributed by atoms with Crippen molar-refractivity contribution in [1.29, 1.82) is 0 Å². The molecule has 0 radical (unpaired) electrons. The molecule has 0 unspecified atom stereocenters. The maximum atomic E-state index is 13.6. The molecule has 0 aromatic heterocycles. The van der Waals surface area contributed by atoms with Gasteiger partial charge in [-0.05, 0) is 24.3 Å². The van der Waals surface area contributed by atoms with E-state index < -0.39 is 11.7 Å². The molecule has 2 aromatic rings. The van der Waals surface area contributed by atoms with Crippen molar-refractivity contribution < 1.29 is 13.9 Å². The number of nitrogens with one attached hydrogen (secondary N) is 1. The van der Waals surface area contributed by atoms with Crippen LogP contribution in [0.15, 0.2) is 42.5 Å². The van der Waals surface area contributed by atoms with Gasteiger partial charge in [0.25, 0.3) is 5.91 Å². The molecular weight excluding hydrogens is 283 g/mol. The normalized spacial score (nSPS) is 10.1. The van der Waals surface area contributed by atoms with Crippen molar-refractivity contribution in [2.45, 2.75) is 0 Å². The number of nitrogen functional groups attached to an aromatic ring is 1. The summed E-state index contributed by atoms with van der Waals surface area (Å²) in [6, 6.07) is 11.0. The van der Waals surface area contributed by atoms with Crippen molar-refractivity contribution in [3.8, 4) is 5.75 Å². The molecule has 0 spiro atoms. The number of carbonyl (C=O) groups excluding carboxylic acids is 1. The second-order valence-electron chi connectivity index (χ2n) is 4.01. The van der Waals surface area contributed by atoms with Gasteiger partial charge in [0.15, 0.2) is 12.4 Å². The van der Waals surface area contributed by atoms with Crippen LogP contribution in [0.3, 0.4) is 0 Å². The fourth-order valence-corrected chi connectivity index (χ4v) is 1.71. The minimum Gasteiger partial charge on any atom is -0.484 e. The van der Waals surface area contributed by atoms with E-state index in [2.05, 4.69) is 5.32 Å². The molecule has 0 bridgehead atoms. The first-order valence-electron chi connectivity index (χ1n) is 5.78. The van der Waals surface area contributed by atoms with Crippen LogP contribution >= 0.6 is 11.6 Å². The summed E-state index contributed by atoms with van der Waals surface area (Å²) in [4.78, 5) is 11.7. The Morgan fingerprint density at radius 2 is 2.05 bits per heavy atom. The largest absolute Gasteiger partial charge is 0.484 e. The molecule has 20 heavy (non-hydrogen) atoms. The van der Waals surface area contributed by atoms with E-state index in [4.69, 9.17) is 22.1 Å². The summed E-state index contributed by atoms with van der Waals surface area (Å²) in [5.74, 6) is -0.702. The van der Waals surface area contributed by atoms with Crippen LogP contribution in [0, 0.1) is 5.82 Å². The second kappa shape index (κ2) is 6.25. The van der Waals surface area contributed by atoms with E-state index >= 15 is 0 Å². The van der Waals surface area contributed by atoms with E-state index in [1.54, 1.807) is 30.3 Å². The molecular formula is C14H12ClFN2O2. The highest BCUT2D eigenvalue weighted by atomic mass is 35.5. The quantitative estimate of drug-likeness (QED) is 0.852. The Bertz CT molecular complexity index is 634. The average Bonchev–Trinajstić information content (AvgIpc) is 2.42. The molecule has 6 heteroatoms. The Labute approximate surface area is 120 Å². The number of carbonyl (C=O) groups is 1. The Kier molecular flexibility index (Phi) is 4.42. The summed E-state index contributed by atoms with van der Waals surface area (Å²) in [7, 11) is 0. The van der Waals surface area contributed by atoms with Gasteiger partial charge in [-0.3, -0.25) is 4.79 Å². The van der Waals surface area contributed by atoms with Gasteiger partial charge in [0.05, 0.1) is 10.7 Å². The molecule has 2 rings (SSSR count). The molecule has 0 atom stereocenters. The molecule has 0 aliphatic carbocycles. The van der Waals surface area contributed by atoms with Crippen LogP contribution in [0.4, 0.5) is 15.8 Å². The number of hydrogen-bond acceptors (Lipinski definition) is 3. The monoisotopic (exact) mass is 294 g/mol. The standard InChI is InChI=1S/C14H12ClFN2O2/c15-11-5-2-6-12(14(11)16)18-13(19)8-20-10-4-1-3-9(17)7-10/h1-7H,8,17H2,(H,18,19). The van der Waals surface area contributed by atoms with Crippen LogP contribution in [0.2, 0.25) is 5.02 Å². The van der Waals surface area contributed by atoms with Crippen molar-refractivity contribution in [2.24, 2.45) is 0 Å². The summed E-state index contributed by atoms with van der Waals surface area (Å²) >= 11 is 5.62.